The Hall–Kier alpha value is -1.94. The van der Waals surface area contributed by atoms with Gasteiger partial charge in [0.1, 0.15) is 5.82 Å². The number of hydrogen-bond acceptors (Lipinski definition) is 3. The topological polar surface area (TPSA) is 49.0 Å². The van der Waals surface area contributed by atoms with Gasteiger partial charge in [0.05, 0.1) is 5.69 Å². The molecule has 0 unspecified atom stereocenters. The van der Waals surface area contributed by atoms with Crippen LogP contribution in [-0.2, 0) is 19.5 Å². The van der Waals surface area contributed by atoms with Gasteiger partial charge in [-0.2, -0.15) is 0 Å². The lowest BCUT2D eigenvalue weighted by Crippen LogP contribution is -2.35. The number of aromatic nitrogens is 2. The molecule has 1 aliphatic heterocycles. The van der Waals surface area contributed by atoms with Crippen LogP contribution in [0.15, 0.2) is 23.0 Å². The molecule has 4 nitrogen and oxygen atoms in total. The highest BCUT2D eigenvalue weighted by molar-refractivity contribution is 5.31. The minimum atomic E-state index is 0.0464. The summed E-state index contributed by atoms with van der Waals surface area (Å²) in [6.45, 7) is 11.0. The third-order valence-electron chi connectivity index (χ3n) is 4.62. The first-order valence-corrected chi connectivity index (χ1v) is 8.34. The van der Waals surface area contributed by atoms with Crippen LogP contribution in [0.25, 0.3) is 0 Å². The zero-order valence-electron chi connectivity index (χ0n) is 14.4. The summed E-state index contributed by atoms with van der Waals surface area (Å²) in [7, 11) is 0. The summed E-state index contributed by atoms with van der Waals surface area (Å²) >= 11 is 0. The molecule has 0 spiro atoms. The van der Waals surface area contributed by atoms with Crippen LogP contribution in [-0.4, -0.2) is 21.4 Å². The zero-order chi connectivity index (χ0) is 16.6. The Balaban J connectivity index is 1.85. The first-order valence-electron chi connectivity index (χ1n) is 8.34. The van der Waals surface area contributed by atoms with E-state index in [0.717, 1.165) is 43.1 Å². The second-order valence-corrected chi connectivity index (χ2v) is 6.92. The van der Waals surface area contributed by atoms with Crippen molar-refractivity contribution in [3.05, 3.63) is 62.3 Å². The van der Waals surface area contributed by atoms with Gasteiger partial charge in [0, 0.05) is 31.1 Å². The van der Waals surface area contributed by atoms with Gasteiger partial charge in [0.25, 0.3) is 5.56 Å². The lowest BCUT2D eigenvalue weighted by atomic mass is 10.0. The van der Waals surface area contributed by atoms with Gasteiger partial charge >= 0.3 is 0 Å². The first-order chi connectivity index (χ1) is 10.9. The summed E-state index contributed by atoms with van der Waals surface area (Å²) in [6.07, 6.45) is 0.779. The van der Waals surface area contributed by atoms with Crippen LogP contribution >= 0.6 is 0 Å². The monoisotopic (exact) mass is 311 g/mol. The molecular weight excluding hydrogens is 286 g/mol. The predicted octanol–water partition coefficient (Wildman–Crippen LogP) is 3.07. The highest BCUT2D eigenvalue weighted by Gasteiger charge is 2.22. The number of nitrogens with zero attached hydrogens (tertiary/aromatic N) is 2. The van der Waals surface area contributed by atoms with E-state index < -0.39 is 0 Å². The molecular formula is C19H25N3O. The van der Waals surface area contributed by atoms with E-state index in [0.29, 0.717) is 0 Å². The fourth-order valence-corrected chi connectivity index (χ4v) is 3.13. The van der Waals surface area contributed by atoms with Crippen molar-refractivity contribution < 1.29 is 0 Å². The number of hydrogen-bond donors (Lipinski definition) is 1. The van der Waals surface area contributed by atoms with Gasteiger partial charge in [0.2, 0.25) is 0 Å². The fraction of sp³-hybridized carbons (Fsp3) is 0.474. The van der Waals surface area contributed by atoms with Gasteiger partial charge < -0.3 is 4.98 Å². The third-order valence-corrected chi connectivity index (χ3v) is 4.62. The van der Waals surface area contributed by atoms with Crippen molar-refractivity contribution in [3.8, 4) is 0 Å². The molecule has 1 aromatic heterocycles. The third kappa shape index (κ3) is 3.37. The summed E-state index contributed by atoms with van der Waals surface area (Å²) in [4.78, 5) is 22.3. The number of fused-ring (bicyclic) bond motifs is 1. The van der Waals surface area contributed by atoms with Crippen LogP contribution in [0.5, 0.6) is 0 Å². The largest absolute Gasteiger partial charge is 0.310 e. The molecule has 2 heterocycles. The Labute approximate surface area is 137 Å². The number of H-pyrrole nitrogens is 1. The maximum Gasteiger partial charge on any atom is 0.254 e. The smallest absolute Gasteiger partial charge is 0.254 e. The molecule has 2 aromatic rings. The Morgan fingerprint density at radius 2 is 2.09 bits per heavy atom. The van der Waals surface area contributed by atoms with Crippen molar-refractivity contribution >= 4 is 0 Å². The molecule has 1 N–H and O–H groups in total. The van der Waals surface area contributed by atoms with Crippen LogP contribution in [0.4, 0.5) is 0 Å². The summed E-state index contributed by atoms with van der Waals surface area (Å²) < 4.78 is 0. The molecule has 0 saturated heterocycles. The molecule has 0 radical (unpaired) electrons. The van der Waals surface area contributed by atoms with E-state index in [1.165, 1.54) is 16.7 Å². The van der Waals surface area contributed by atoms with Gasteiger partial charge in [-0.3, -0.25) is 9.69 Å². The van der Waals surface area contributed by atoms with E-state index in [4.69, 9.17) is 4.98 Å². The van der Waals surface area contributed by atoms with E-state index in [2.05, 4.69) is 55.8 Å². The lowest BCUT2D eigenvalue weighted by Gasteiger charge is -2.28. The Bertz CT molecular complexity index is 777. The van der Waals surface area contributed by atoms with Crippen molar-refractivity contribution in [2.45, 2.75) is 53.1 Å². The maximum atomic E-state index is 12.2. The molecule has 122 valence electrons. The van der Waals surface area contributed by atoms with Gasteiger partial charge in [0.15, 0.2) is 0 Å². The zero-order valence-corrected chi connectivity index (χ0v) is 14.4. The maximum absolute atomic E-state index is 12.2. The Kier molecular flexibility index (Phi) is 4.35. The molecule has 0 fully saturated rings. The molecule has 23 heavy (non-hydrogen) atoms. The van der Waals surface area contributed by atoms with Gasteiger partial charge in [-0.25, -0.2) is 4.98 Å². The van der Waals surface area contributed by atoms with Crippen LogP contribution < -0.4 is 5.56 Å². The molecule has 4 heteroatoms. The number of aryl methyl sites for hydroxylation is 2. The van der Waals surface area contributed by atoms with E-state index in [9.17, 15) is 4.79 Å². The van der Waals surface area contributed by atoms with Crippen LogP contribution in [0.1, 0.15) is 53.5 Å². The Morgan fingerprint density at radius 3 is 2.83 bits per heavy atom. The molecule has 0 aliphatic carbocycles. The van der Waals surface area contributed by atoms with Crippen molar-refractivity contribution in [1.82, 2.24) is 14.9 Å². The summed E-state index contributed by atoms with van der Waals surface area (Å²) in [6, 6.07) is 6.60. The molecule has 0 amide bonds. The van der Waals surface area contributed by atoms with Gasteiger partial charge in [-0.15, -0.1) is 0 Å². The highest BCUT2D eigenvalue weighted by atomic mass is 16.1. The number of rotatable bonds is 3. The number of nitrogens with one attached hydrogen (secondary N) is 1. The van der Waals surface area contributed by atoms with Crippen molar-refractivity contribution in [2.24, 2.45) is 0 Å². The minimum Gasteiger partial charge on any atom is -0.310 e. The molecule has 1 aliphatic rings. The average molecular weight is 311 g/mol. The van der Waals surface area contributed by atoms with Crippen LogP contribution in [0, 0.1) is 13.8 Å². The number of benzene rings is 1. The summed E-state index contributed by atoms with van der Waals surface area (Å²) in [5, 5.41) is 0. The van der Waals surface area contributed by atoms with E-state index >= 15 is 0 Å². The van der Waals surface area contributed by atoms with Crippen molar-refractivity contribution in [2.75, 3.05) is 6.54 Å². The predicted molar refractivity (Wildman–Crippen MR) is 92.7 cm³/mol. The first kappa shape index (κ1) is 15.9. The molecule has 1 aromatic carbocycles. The average Bonchev–Trinajstić information content (AvgIpc) is 2.50. The number of aromatic amines is 1. The molecule has 0 atom stereocenters. The second-order valence-electron chi connectivity index (χ2n) is 6.92. The molecule has 0 bridgehead atoms. The standard InChI is InChI=1S/C19H25N3O/c1-12(2)18-20-17-11-22(8-7-16(17)19(23)21-18)10-15-9-13(3)5-6-14(15)4/h5-6,9,12H,7-8,10-11H2,1-4H3,(H,20,21,23). The fourth-order valence-electron chi connectivity index (χ4n) is 3.13. The van der Waals surface area contributed by atoms with Gasteiger partial charge in [-0.1, -0.05) is 37.6 Å². The molecule has 3 rings (SSSR count). The highest BCUT2D eigenvalue weighted by Crippen LogP contribution is 2.20. The second kappa shape index (κ2) is 6.28. The minimum absolute atomic E-state index is 0.0464. The SMILES string of the molecule is Cc1ccc(C)c(CN2CCc3c(nc(C(C)C)[nH]c3=O)C2)c1. The van der Waals surface area contributed by atoms with Crippen molar-refractivity contribution in [3.63, 3.8) is 0 Å². The lowest BCUT2D eigenvalue weighted by molar-refractivity contribution is 0.239. The normalized spacial score (nSPS) is 15.0. The summed E-state index contributed by atoms with van der Waals surface area (Å²) in [5.41, 5.74) is 5.84. The van der Waals surface area contributed by atoms with E-state index in [1.807, 2.05) is 0 Å². The van der Waals surface area contributed by atoms with Crippen molar-refractivity contribution in [1.29, 1.82) is 0 Å². The quantitative estimate of drug-likeness (QED) is 0.947. The van der Waals surface area contributed by atoms with E-state index in [1.54, 1.807) is 0 Å². The summed E-state index contributed by atoms with van der Waals surface area (Å²) in [5.74, 6) is 1.03. The van der Waals surface area contributed by atoms with E-state index in [-0.39, 0.29) is 11.5 Å². The molecule has 0 saturated carbocycles. The van der Waals surface area contributed by atoms with Gasteiger partial charge in [-0.05, 0) is 31.4 Å². The van der Waals surface area contributed by atoms with Crippen LogP contribution in [0.2, 0.25) is 0 Å². The Morgan fingerprint density at radius 1 is 1.30 bits per heavy atom. The van der Waals surface area contributed by atoms with Crippen LogP contribution in [0.3, 0.4) is 0 Å².